The number of para-hydroxylation sites is 1. The number of hydrogen-bond acceptors (Lipinski definition) is 1. The lowest BCUT2D eigenvalue weighted by Gasteiger charge is -2.33. The lowest BCUT2D eigenvalue weighted by atomic mass is 9.69. The number of nitrogens with zero attached hydrogens (tertiary/aromatic N) is 1. The summed E-state index contributed by atoms with van der Waals surface area (Å²) in [5, 5.41) is 0. The van der Waals surface area contributed by atoms with Gasteiger partial charge in [-0.3, -0.25) is 0 Å². The van der Waals surface area contributed by atoms with Crippen LogP contribution in [0.5, 0.6) is 0 Å². The molecule has 0 saturated heterocycles. The second-order valence-corrected chi connectivity index (χ2v) is 18.2. The number of benzene rings is 8. The summed E-state index contributed by atoms with van der Waals surface area (Å²) in [5.41, 5.74) is 21.3. The molecule has 0 bridgehead atoms. The molecule has 1 spiro atoms. The standard InChI is InChI=1S/C57H49N/c1-55(2,3)41-27-32-47-48-33-28-42(56(4,5)6)36-53(48)57(52(47)35-41)50-23-15-13-22-46(50)49-37-44(31-34-51(49)57)58(43-29-25-39(26-30-43)38-17-9-7-10-18-38)54-24-16-14-21-45(54)40-19-11-8-12-20-40/h7-37H,1-6H3. The van der Waals surface area contributed by atoms with Gasteiger partial charge in [-0.1, -0.05) is 199 Å². The molecule has 0 atom stereocenters. The van der Waals surface area contributed by atoms with E-state index in [1.165, 1.54) is 77.9 Å². The van der Waals surface area contributed by atoms with Crippen molar-refractivity contribution in [2.45, 2.75) is 57.8 Å². The molecule has 0 fully saturated rings. The molecule has 2 aliphatic carbocycles. The summed E-state index contributed by atoms with van der Waals surface area (Å²) in [7, 11) is 0. The lowest BCUT2D eigenvalue weighted by molar-refractivity contribution is 0.586. The Bertz CT molecular complexity index is 2770. The second-order valence-electron chi connectivity index (χ2n) is 18.2. The van der Waals surface area contributed by atoms with E-state index in [-0.39, 0.29) is 10.8 Å². The maximum absolute atomic E-state index is 2.53. The van der Waals surface area contributed by atoms with Crippen LogP contribution in [0.4, 0.5) is 17.1 Å². The van der Waals surface area contributed by atoms with Crippen LogP contribution in [0.15, 0.2) is 188 Å². The van der Waals surface area contributed by atoms with Gasteiger partial charge in [0.15, 0.2) is 0 Å². The Morgan fingerprint density at radius 3 is 1.40 bits per heavy atom. The van der Waals surface area contributed by atoms with Gasteiger partial charge in [-0.25, -0.2) is 0 Å². The predicted molar refractivity (Wildman–Crippen MR) is 246 cm³/mol. The first-order valence-electron chi connectivity index (χ1n) is 20.7. The molecule has 0 radical (unpaired) electrons. The van der Waals surface area contributed by atoms with Crippen LogP contribution >= 0.6 is 0 Å². The fourth-order valence-electron chi connectivity index (χ4n) is 9.64. The molecule has 282 valence electrons. The number of rotatable bonds is 5. The van der Waals surface area contributed by atoms with Crippen LogP contribution in [0.1, 0.15) is 74.9 Å². The van der Waals surface area contributed by atoms with Crippen LogP contribution in [-0.2, 0) is 16.2 Å². The molecule has 0 aliphatic heterocycles. The molecule has 1 nitrogen and oxygen atoms in total. The van der Waals surface area contributed by atoms with Crippen LogP contribution in [0.3, 0.4) is 0 Å². The maximum atomic E-state index is 2.53. The Balaban J connectivity index is 1.23. The molecule has 0 heterocycles. The normalized spacial score (nSPS) is 13.5. The predicted octanol–water partition coefficient (Wildman–Crippen LogP) is 15.4. The van der Waals surface area contributed by atoms with Gasteiger partial charge in [-0.15, -0.1) is 0 Å². The maximum Gasteiger partial charge on any atom is 0.0725 e. The first kappa shape index (κ1) is 35.9. The molecule has 2 aliphatic rings. The summed E-state index contributed by atoms with van der Waals surface area (Å²) < 4.78 is 0. The Morgan fingerprint density at radius 2 is 0.793 bits per heavy atom. The number of hydrogen-bond donors (Lipinski definition) is 0. The fraction of sp³-hybridized carbons (Fsp3) is 0.158. The molecule has 8 aromatic carbocycles. The van der Waals surface area contributed by atoms with Crippen LogP contribution in [0, 0.1) is 0 Å². The molecule has 0 N–H and O–H groups in total. The summed E-state index contributed by atoms with van der Waals surface area (Å²) in [6.45, 7) is 14.0. The Labute approximate surface area is 344 Å². The molecule has 0 aromatic heterocycles. The van der Waals surface area contributed by atoms with Crippen molar-refractivity contribution in [1.29, 1.82) is 0 Å². The third kappa shape index (κ3) is 5.59. The quantitative estimate of drug-likeness (QED) is 0.169. The van der Waals surface area contributed by atoms with Crippen molar-refractivity contribution in [3.8, 4) is 44.5 Å². The average molecular weight is 748 g/mol. The highest BCUT2D eigenvalue weighted by Crippen LogP contribution is 2.64. The Hall–Kier alpha value is -6.44. The Kier molecular flexibility index (Phi) is 8.25. The van der Waals surface area contributed by atoms with Gasteiger partial charge in [-0.2, -0.15) is 0 Å². The molecule has 0 unspecified atom stereocenters. The van der Waals surface area contributed by atoms with Crippen LogP contribution in [0.25, 0.3) is 44.5 Å². The van der Waals surface area contributed by atoms with Crippen molar-refractivity contribution in [3.05, 3.63) is 221 Å². The molecular formula is C57H49N. The highest BCUT2D eigenvalue weighted by Gasteiger charge is 2.52. The molecule has 0 amide bonds. The zero-order valence-electron chi connectivity index (χ0n) is 34.3. The van der Waals surface area contributed by atoms with E-state index >= 15 is 0 Å². The van der Waals surface area contributed by atoms with Gasteiger partial charge in [0.2, 0.25) is 0 Å². The van der Waals surface area contributed by atoms with Gasteiger partial charge in [0.25, 0.3) is 0 Å². The van der Waals surface area contributed by atoms with Crippen molar-refractivity contribution in [2.24, 2.45) is 0 Å². The summed E-state index contributed by atoms with van der Waals surface area (Å²) in [6, 6.07) is 70.4. The van der Waals surface area contributed by atoms with Gasteiger partial charge in [-0.05, 0) is 113 Å². The molecular weight excluding hydrogens is 699 g/mol. The highest BCUT2D eigenvalue weighted by molar-refractivity contribution is 5.97. The van der Waals surface area contributed by atoms with Crippen molar-refractivity contribution in [1.82, 2.24) is 0 Å². The molecule has 58 heavy (non-hydrogen) atoms. The number of anilines is 3. The van der Waals surface area contributed by atoms with E-state index in [2.05, 4.69) is 234 Å². The first-order chi connectivity index (χ1) is 28.0. The molecule has 8 aromatic rings. The summed E-state index contributed by atoms with van der Waals surface area (Å²) >= 11 is 0. The van der Waals surface area contributed by atoms with E-state index in [9.17, 15) is 0 Å². The van der Waals surface area contributed by atoms with Crippen molar-refractivity contribution in [2.75, 3.05) is 4.90 Å². The topological polar surface area (TPSA) is 3.24 Å². The van der Waals surface area contributed by atoms with Crippen molar-refractivity contribution < 1.29 is 0 Å². The van der Waals surface area contributed by atoms with Gasteiger partial charge in [0, 0.05) is 16.9 Å². The van der Waals surface area contributed by atoms with Gasteiger partial charge in [0.05, 0.1) is 11.1 Å². The minimum atomic E-state index is -0.443. The van der Waals surface area contributed by atoms with Crippen molar-refractivity contribution >= 4 is 17.1 Å². The summed E-state index contributed by atoms with van der Waals surface area (Å²) in [5.74, 6) is 0. The lowest BCUT2D eigenvalue weighted by Crippen LogP contribution is -2.27. The minimum absolute atomic E-state index is 0.00901. The van der Waals surface area contributed by atoms with E-state index in [0.717, 1.165) is 17.1 Å². The van der Waals surface area contributed by atoms with Crippen molar-refractivity contribution in [3.63, 3.8) is 0 Å². The SMILES string of the molecule is CC(C)(C)c1ccc2c(c1)C1(c3ccccc3-c3cc(N(c4ccc(-c5ccccc5)cc4)c4ccccc4-c4ccccc4)ccc31)c1cc(C(C)(C)C)ccc1-2. The average Bonchev–Trinajstić information content (AvgIpc) is 3.70. The Morgan fingerprint density at radius 1 is 0.328 bits per heavy atom. The molecule has 1 heteroatoms. The fourth-order valence-corrected chi connectivity index (χ4v) is 9.64. The largest absolute Gasteiger partial charge is 0.310 e. The van der Waals surface area contributed by atoms with Gasteiger partial charge < -0.3 is 4.90 Å². The number of fused-ring (bicyclic) bond motifs is 10. The summed E-state index contributed by atoms with van der Waals surface area (Å²) in [4.78, 5) is 2.46. The van der Waals surface area contributed by atoms with Gasteiger partial charge in [0.1, 0.15) is 0 Å². The van der Waals surface area contributed by atoms with E-state index in [1.807, 2.05) is 0 Å². The second kappa shape index (κ2) is 13.3. The highest BCUT2D eigenvalue weighted by atomic mass is 15.1. The minimum Gasteiger partial charge on any atom is -0.310 e. The van der Waals surface area contributed by atoms with Crippen LogP contribution < -0.4 is 4.90 Å². The third-order valence-corrected chi connectivity index (χ3v) is 12.6. The van der Waals surface area contributed by atoms with E-state index < -0.39 is 5.41 Å². The zero-order valence-corrected chi connectivity index (χ0v) is 34.3. The van der Waals surface area contributed by atoms with Crippen LogP contribution in [-0.4, -0.2) is 0 Å². The van der Waals surface area contributed by atoms with E-state index in [0.29, 0.717) is 0 Å². The summed E-state index contributed by atoms with van der Waals surface area (Å²) in [6.07, 6.45) is 0. The zero-order chi connectivity index (χ0) is 39.8. The monoisotopic (exact) mass is 747 g/mol. The van der Waals surface area contributed by atoms with E-state index in [1.54, 1.807) is 0 Å². The third-order valence-electron chi connectivity index (χ3n) is 12.6. The van der Waals surface area contributed by atoms with Crippen LogP contribution in [0.2, 0.25) is 0 Å². The first-order valence-corrected chi connectivity index (χ1v) is 20.7. The smallest absolute Gasteiger partial charge is 0.0725 e. The molecule has 0 saturated carbocycles. The van der Waals surface area contributed by atoms with E-state index in [4.69, 9.17) is 0 Å². The molecule has 10 rings (SSSR count). The van der Waals surface area contributed by atoms with Gasteiger partial charge >= 0.3 is 0 Å².